The first-order valence-electron chi connectivity index (χ1n) is 5.74. The van der Waals surface area contributed by atoms with Gasteiger partial charge < -0.3 is 10.6 Å². The third-order valence-corrected chi connectivity index (χ3v) is 2.92. The molecule has 0 heterocycles. The highest BCUT2D eigenvalue weighted by Crippen LogP contribution is 2.17. The number of carbonyl (C=O) groups excluding carboxylic acids is 2. The van der Waals surface area contributed by atoms with Crippen molar-refractivity contribution in [3.63, 3.8) is 0 Å². The van der Waals surface area contributed by atoms with Crippen LogP contribution in [0, 0.1) is 6.92 Å². The van der Waals surface area contributed by atoms with Gasteiger partial charge in [0.15, 0.2) is 0 Å². The molecule has 0 aromatic heterocycles. The molecule has 0 spiro atoms. The van der Waals surface area contributed by atoms with Gasteiger partial charge in [0.05, 0.1) is 12.1 Å². The quantitative estimate of drug-likeness (QED) is 0.893. The Kier molecular flexibility index (Phi) is 5.34. The lowest BCUT2D eigenvalue weighted by atomic mass is 10.1. The Morgan fingerprint density at radius 1 is 1.33 bits per heavy atom. The van der Waals surface area contributed by atoms with Crippen LogP contribution in [0.15, 0.2) is 22.7 Å². The molecule has 0 saturated heterocycles. The largest absolute Gasteiger partial charge is 0.352 e. The molecule has 0 aliphatic heterocycles. The van der Waals surface area contributed by atoms with Crippen molar-refractivity contribution in [1.29, 1.82) is 0 Å². The number of carbonyl (C=O) groups is 2. The van der Waals surface area contributed by atoms with E-state index in [-0.39, 0.29) is 24.4 Å². The molecule has 18 heavy (non-hydrogen) atoms. The summed E-state index contributed by atoms with van der Waals surface area (Å²) in [4.78, 5) is 23.3. The summed E-state index contributed by atoms with van der Waals surface area (Å²) in [6.45, 7) is 5.64. The number of halogens is 1. The summed E-state index contributed by atoms with van der Waals surface area (Å²) in [5.41, 5.74) is 1.53. The van der Waals surface area contributed by atoms with Crippen molar-refractivity contribution in [3.05, 3.63) is 33.8 Å². The third kappa shape index (κ3) is 4.49. The first-order chi connectivity index (χ1) is 8.40. The topological polar surface area (TPSA) is 58.2 Å². The highest BCUT2D eigenvalue weighted by atomic mass is 79.9. The predicted molar refractivity (Wildman–Crippen MR) is 74.5 cm³/mol. The number of hydrogen-bond donors (Lipinski definition) is 2. The molecule has 0 radical (unpaired) electrons. The third-order valence-electron chi connectivity index (χ3n) is 2.23. The minimum Gasteiger partial charge on any atom is -0.352 e. The van der Waals surface area contributed by atoms with Crippen LogP contribution in [0.3, 0.4) is 0 Å². The maximum atomic E-state index is 11.9. The van der Waals surface area contributed by atoms with Crippen LogP contribution in [0.2, 0.25) is 0 Å². The van der Waals surface area contributed by atoms with Crippen molar-refractivity contribution in [2.75, 3.05) is 6.54 Å². The van der Waals surface area contributed by atoms with E-state index in [9.17, 15) is 9.59 Å². The minimum atomic E-state index is -0.260. The fraction of sp³-hybridized carbons (Fsp3) is 0.385. The van der Waals surface area contributed by atoms with Crippen LogP contribution in [-0.2, 0) is 4.79 Å². The molecule has 1 rings (SSSR count). The highest BCUT2D eigenvalue weighted by molar-refractivity contribution is 9.10. The van der Waals surface area contributed by atoms with E-state index in [1.54, 1.807) is 6.07 Å². The minimum absolute atomic E-state index is 0.0165. The van der Waals surface area contributed by atoms with Gasteiger partial charge in [0.1, 0.15) is 0 Å². The molecule has 0 aliphatic carbocycles. The van der Waals surface area contributed by atoms with Gasteiger partial charge in [-0.3, -0.25) is 9.59 Å². The van der Waals surface area contributed by atoms with E-state index in [4.69, 9.17) is 0 Å². The van der Waals surface area contributed by atoms with Crippen LogP contribution in [0.5, 0.6) is 0 Å². The van der Waals surface area contributed by atoms with E-state index in [2.05, 4.69) is 26.6 Å². The zero-order valence-electron chi connectivity index (χ0n) is 10.7. The Balaban J connectivity index is 2.60. The number of rotatable bonds is 4. The van der Waals surface area contributed by atoms with Crippen molar-refractivity contribution in [2.45, 2.75) is 26.8 Å². The molecule has 2 N–H and O–H groups in total. The Hall–Kier alpha value is -1.36. The molecular weight excluding hydrogens is 296 g/mol. The smallest absolute Gasteiger partial charge is 0.252 e. The van der Waals surface area contributed by atoms with Crippen LogP contribution in [-0.4, -0.2) is 24.4 Å². The van der Waals surface area contributed by atoms with Crippen molar-refractivity contribution in [3.8, 4) is 0 Å². The second-order valence-corrected chi connectivity index (χ2v) is 5.24. The molecule has 1 aromatic rings. The van der Waals surface area contributed by atoms with E-state index in [1.165, 1.54) is 0 Å². The Morgan fingerprint density at radius 3 is 2.61 bits per heavy atom. The number of hydrogen-bond acceptors (Lipinski definition) is 2. The molecule has 0 unspecified atom stereocenters. The molecule has 0 fully saturated rings. The van der Waals surface area contributed by atoms with Crippen molar-refractivity contribution in [1.82, 2.24) is 10.6 Å². The number of nitrogens with one attached hydrogen (secondary N) is 2. The molecule has 98 valence electrons. The molecule has 4 nitrogen and oxygen atoms in total. The summed E-state index contributed by atoms with van der Waals surface area (Å²) in [5.74, 6) is -0.452. The van der Waals surface area contributed by atoms with Gasteiger partial charge in [-0.15, -0.1) is 0 Å². The maximum absolute atomic E-state index is 11.9. The summed E-state index contributed by atoms with van der Waals surface area (Å²) in [6, 6.07) is 5.57. The average Bonchev–Trinajstić information content (AvgIpc) is 2.28. The van der Waals surface area contributed by atoms with Crippen molar-refractivity contribution >= 4 is 27.7 Å². The van der Waals surface area contributed by atoms with Gasteiger partial charge in [-0.05, 0) is 48.8 Å². The van der Waals surface area contributed by atoms with Gasteiger partial charge in [-0.2, -0.15) is 0 Å². The SMILES string of the molecule is Cc1ccc(Br)c(C(=O)NCC(=O)NC(C)C)c1. The predicted octanol–water partition coefficient (Wildman–Crippen LogP) is 2.01. The first-order valence-corrected chi connectivity index (χ1v) is 6.53. The van der Waals surface area contributed by atoms with Crippen LogP contribution in [0.1, 0.15) is 29.8 Å². The van der Waals surface area contributed by atoms with Crippen LogP contribution >= 0.6 is 15.9 Å². The van der Waals surface area contributed by atoms with Gasteiger partial charge in [-0.25, -0.2) is 0 Å². The Morgan fingerprint density at radius 2 is 2.00 bits per heavy atom. The molecule has 0 aliphatic rings. The standard InChI is InChI=1S/C13H17BrN2O2/c1-8(2)16-12(17)7-15-13(18)10-6-9(3)4-5-11(10)14/h4-6,8H,7H2,1-3H3,(H,15,18)(H,16,17). The first kappa shape index (κ1) is 14.7. The zero-order chi connectivity index (χ0) is 13.7. The summed E-state index contributed by atoms with van der Waals surface area (Å²) in [6.07, 6.45) is 0. The molecule has 0 saturated carbocycles. The lowest BCUT2D eigenvalue weighted by Gasteiger charge is -2.10. The van der Waals surface area contributed by atoms with E-state index < -0.39 is 0 Å². The van der Waals surface area contributed by atoms with E-state index in [0.717, 1.165) is 10.0 Å². The molecule has 0 bridgehead atoms. The summed E-state index contributed by atoms with van der Waals surface area (Å²) in [7, 11) is 0. The molecular formula is C13H17BrN2O2. The lowest BCUT2D eigenvalue weighted by molar-refractivity contribution is -0.120. The van der Waals surface area contributed by atoms with Crippen LogP contribution in [0.25, 0.3) is 0 Å². The van der Waals surface area contributed by atoms with Gasteiger partial charge in [0, 0.05) is 10.5 Å². The highest BCUT2D eigenvalue weighted by Gasteiger charge is 2.11. The zero-order valence-corrected chi connectivity index (χ0v) is 12.3. The average molecular weight is 313 g/mol. The molecule has 1 aromatic carbocycles. The number of benzene rings is 1. The van der Waals surface area contributed by atoms with Gasteiger partial charge in [0.25, 0.3) is 5.91 Å². The summed E-state index contributed by atoms with van der Waals surface area (Å²) >= 11 is 3.32. The molecule has 0 atom stereocenters. The normalized spacial score (nSPS) is 10.3. The van der Waals surface area contributed by atoms with Crippen LogP contribution in [0.4, 0.5) is 0 Å². The van der Waals surface area contributed by atoms with Gasteiger partial charge >= 0.3 is 0 Å². The van der Waals surface area contributed by atoms with E-state index >= 15 is 0 Å². The lowest BCUT2D eigenvalue weighted by Crippen LogP contribution is -2.39. The maximum Gasteiger partial charge on any atom is 0.252 e. The van der Waals surface area contributed by atoms with Crippen molar-refractivity contribution in [2.24, 2.45) is 0 Å². The van der Waals surface area contributed by atoms with E-state index in [1.807, 2.05) is 32.9 Å². The fourth-order valence-electron chi connectivity index (χ4n) is 1.44. The van der Waals surface area contributed by atoms with Crippen molar-refractivity contribution < 1.29 is 9.59 Å². The fourth-order valence-corrected chi connectivity index (χ4v) is 1.87. The second-order valence-electron chi connectivity index (χ2n) is 4.39. The van der Waals surface area contributed by atoms with E-state index in [0.29, 0.717) is 5.56 Å². The Bertz CT molecular complexity index is 458. The van der Waals surface area contributed by atoms with Gasteiger partial charge in [0.2, 0.25) is 5.91 Å². The van der Waals surface area contributed by atoms with Crippen LogP contribution < -0.4 is 10.6 Å². The number of amides is 2. The van der Waals surface area contributed by atoms with Gasteiger partial charge in [-0.1, -0.05) is 11.6 Å². The summed E-state index contributed by atoms with van der Waals surface area (Å²) in [5, 5.41) is 5.30. The Labute approximate surface area is 115 Å². The number of aryl methyl sites for hydroxylation is 1. The molecule has 5 heteroatoms. The second kappa shape index (κ2) is 6.54. The summed E-state index contributed by atoms with van der Waals surface area (Å²) < 4.78 is 0.717. The molecule has 2 amide bonds. The monoisotopic (exact) mass is 312 g/mol.